The van der Waals surface area contributed by atoms with E-state index < -0.39 is 0 Å². The predicted octanol–water partition coefficient (Wildman–Crippen LogP) is 3.04. The largest absolute Gasteiger partial charge is 0.348 e. The molecular formula is C18H21N5OS. The Labute approximate surface area is 150 Å². The summed E-state index contributed by atoms with van der Waals surface area (Å²) in [5.74, 6) is 0.116. The number of aromatic nitrogens is 4. The van der Waals surface area contributed by atoms with E-state index in [1.54, 1.807) is 13.3 Å². The van der Waals surface area contributed by atoms with E-state index in [-0.39, 0.29) is 11.8 Å². The van der Waals surface area contributed by atoms with Crippen LogP contribution in [0, 0.1) is 0 Å². The van der Waals surface area contributed by atoms with E-state index in [1.807, 2.05) is 16.9 Å². The second-order valence-electron chi connectivity index (χ2n) is 6.39. The Balaban J connectivity index is 1.68. The van der Waals surface area contributed by atoms with Gasteiger partial charge in [-0.25, -0.2) is 4.98 Å². The van der Waals surface area contributed by atoms with Crippen LogP contribution in [-0.4, -0.2) is 37.0 Å². The van der Waals surface area contributed by atoms with Crippen molar-refractivity contribution in [3.63, 3.8) is 0 Å². The van der Waals surface area contributed by atoms with Gasteiger partial charge in [0.05, 0.1) is 29.1 Å². The van der Waals surface area contributed by atoms with Crippen molar-refractivity contribution in [2.24, 2.45) is 0 Å². The molecule has 3 aromatic heterocycles. The summed E-state index contributed by atoms with van der Waals surface area (Å²) < 4.78 is 1.95. The van der Waals surface area contributed by atoms with Crippen LogP contribution in [-0.2, 0) is 19.5 Å². The number of ketones is 1. The number of hydrogen-bond donors (Lipinski definition) is 1. The van der Waals surface area contributed by atoms with E-state index in [1.165, 1.54) is 22.6 Å². The molecule has 130 valence electrons. The normalized spacial score (nSPS) is 17.6. The van der Waals surface area contributed by atoms with Gasteiger partial charge in [0.1, 0.15) is 0 Å². The van der Waals surface area contributed by atoms with E-state index in [2.05, 4.69) is 38.5 Å². The fraction of sp³-hybridized carbons (Fsp3) is 0.389. The second kappa shape index (κ2) is 6.57. The molecule has 1 N–H and O–H groups in total. The van der Waals surface area contributed by atoms with E-state index in [0.717, 1.165) is 42.2 Å². The van der Waals surface area contributed by atoms with Crippen LogP contribution < -0.4 is 0 Å². The number of fused-ring (bicyclic) bond motifs is 1. The van der Waals surface area contributed by atoms with Gasteiger partial charge in [-0.3, -0.25) is 14.4 Å². The van der Waals surface area contributed by atoms with Crippen LogP contribution in [0.4, 0.5) is 0 Å². The van der Waals surface area contributed by atoms with E-state index in [9.17, 15) is 4.79 Å². The third-order valence-corrected chi connectivity index (χ3v) is 5.75. The van der Waals surface area contributed by atoms with Crippen molar-refractivity contribution in [2.75, 3.05) is 6.54 Å². The first-order chi connectivity index (χ1) is 12.2. The van der Waals surface area contributed by atoms with Crippen molar-refractivity contribution in [3.05, 3.63) is 57.6 Å². The predicted molar refractivity (Wildman–Crippen MR) is 96.8 cm³/mol. The molecule has 4 rings (SSSR count). The molecular weight excluding hydrogens is 334 g/mol. The molecule has 0 fully saturated rings. The molecule has 7 heteroatoms. The van der Waals surface area contributed by atoms with Gasteiger partial charge in [0, 0.05) is 43.5 Å². The molecule has 6 nitrogen and oxygen atoms in total. The molecule has 0 amide bonds. The third kappa shape index (κ3) is 3.05. The lowest BCUT2D eigenvalue weighted by atomic mass is 9.97. The minimum absolute atomic E-state index is 0.0735. The number of aryl methyl sites for hydroxylation is 1. The van der Waals surface area contributed by atoms with Crippen molar-refractivity contribution in [3.8, 4) is 0 Å². The lowest BCUT2D eigenvalue weighted by molar-refractivity contribution is 0.102. The quantitative estimate of drug-likeness (QED) is 0.715. The number of carbonyl (C=O) groups is 1. The minimum atomic E-state index is 0.0735. The summed E-state index contributed by atoms with van der Waals surface area (Å²) in [5.41, 5.74) is 4.61. The SMILES string of the molecule is CCn1cc(CN2CCc3[nH]cnc3[C@H]2c2csc(C(C)=O)c2)cn1. The van der Waals surface area contributed by atoms with E-state index in [0.29, 0.717) is 0 Å². The number of rotatable bonds is 5. The molecule has 1 atom stereocenters. The molecule has 4 heterocycles. The van der Waals surface area contributed by atoms with E-state index >= 15 is 0 Å². The fourth-order valence-electron chi connectivity index (χ4n) is 3.44. The highest BCUT2D eigenvalue weighted by Crippen LogP contribution is 2.36. The van der Waals surface area contributed by atoms with Gasteiger partial charge in [-0.1, -0.05) is 0 Å². The maximum absolute atomic E-state index is 11.7. The zero-order chi connectivity index (χ0) is 17.4. The summed E-state index contributed by atoms with van der Waals surface area (Å²) in [5, 5.41) is 6.48. The van der Waals surface area contributed by atoms with Crippen LogP contribution in [0.25, 0.3) is 0 Å². The Morgan fingerprint density at radius 2 is 2.36 bits per heavy atom. The van der Waals surface area contributed by atoms with Gasteiger partial charge >= 0.3 is 0 Å². The van der Waals surface area contributed by atoms with Gasteiger partial charge in [-0.05, 0) is 30.9 Å². The molecule has 0 saturated carbocycles. The molecule has 1 aliphatic rings. The van der Waals surface area contributed by atoms with Crippen LogP contribution in [0.1, 0.15) is 52.1 Å². The summed E-state index contributed by atoms with van der Waals surface area (Å²) >= 11 is 1.51. The molecule has 0 bridgehead atoms. The fourth-order valence-corrected chi connectivity index (χ4v) is 4.27. The number of carbonyl (C=O) groups excluding carboxylic acids is 1. The molecule has 0 saturated heterocycles. The number of nitrogens with zero attached hydrogens (tertiary/aromatic N) is 4. The summed E-state index contributed by atoms with van der Waals surface area (Å²) in [6.07, 6.45) is 6.77. The highest BCUT2D eigenvalue weighted by Gasteiger charge is 2.32. The molecule has 0 spiro atoms. The highest BCUT2D eigenvalue weighted by atomic mass is 32.1. The summed E-state index contributed by atoms with van der Waals surface area (Å²) in [4.78, 5) is 22.8. The number of hydrogen-bond acceptors (Lipinski definition) is 5. The van der Waals surface area contributed by atoms with Crippen LogP contribution in [0.3, 0.4) is 0 Å². The number of aromatic amines is 1. The van der Waals surface area contributed by atoms with E-state index in [4.69, 9.17) is 0 Å². The lowest BCUT2D eigenvalue weighted by Crippen LogP contribution is -2.35. The van der Waals surface area contributed by atoms with Gasteiger partial charge in [-0.2, -0.15) is 5.10 Å². The van der Waals surface area contributed by atoms with Crippen LogP contribution >= 0.6 is 11.3 Å². The Hall–Kier alpha value is -2.25. The van der Waals surface area contributed by atoms with Gasteiger partial charge in [-0.15, -0.1) is 11.3 Å². The number of H-pyrrole nitrogens is 1. The minimum Gasteiger partial charge on any atom is -0.348 e. The number of Topliss-reactive ketones (excluding diaryl/α,β-unsaturated/α-hetero) is 1. The first kappa shape index (κ1) is 16.2. The Morgan fingerprint density at radius 1 is 1.48 bits per heavy atom. The van der Waals surface area contributed by atoms with Crippen molar-refractivity contribution in [1.29, 1.82) is 0 Å². The standard InChI is InChI=1S/C18H21N5OS/c1-3-23-9-13(7-21-23)8-22-5-4-15-17(20-11-19-15)18(22)14-6-16(12(2)24)25-10-14/h6-7,9-11,18H,3-5,8H2,1-2H3,(H,19,20)/t18-/m1/s1. The van der Waals surface area contributed by atoms with Crippen LogP contribution in [0.2, 0.25) is 0 Å². The first-order valence-electron chi connectivity index (χ1n) is 8.52. The molecule has 0 unspecified atom stereocenters. The maximum atomic E-state index is 11.7. The molecule has 0 aliphatic carbocycles. The van der Waals surface area contributed by atoms with Crippen molar-refractivity contribution in [1.82, 2.24) is 24.6 Å². The maximum Gasteiger partial charge on any atom is 0.169 e. The average Bonchev–Trinajstić information content (AvgIpc) is 3.34. The molecule has 0 radical (unpaired) electrons. The average molecular weight is 355 g/mol. The Bertz CT molecular complexity index is 893. The summed E-state index contributed by atoms with van der Waals surface area (Å²) in [6.45, 7) is 6.35. The van der Waals surface area contributed by atoms with Gasteiger partial charge < -0.3 is 4.98 Å². The first-order valence-corrected chi connectivity index (χ1v) is 9.40. The molecule has 1 aliphatic heterocycles. The zero-order valence-corrected chi connectivity index (χ0v) is 15.2. The topological polar surface area (TPSA) is 66.8 Å². The lowest BCUT2D eigenvalue weighted by Gasteiger charge is -2.34. The third-order valence-electron chi connectivity index (χ3n) is 4.70. The molecule has 0 aromatic carbocycles. The number of imidazole rings is 1. The van der Waals surface area contributed by atoms with Crippen LogP contribution in [0.5, 0.6) is 0 Å². The smallest absolute Gasteiger partial charge is 0.169 e. The highest BCUT2D eigenvalue weighted by molar-refractivity contribution is 7.12. The van der Waals surface area contributed by atoms with Gasteiger partial charge in [0.25, 0.3) is 0 Å². The number of thiophene rings is 1. The molecule has 3 aromatic rings. The van der Waals surface area contributed by atoms with Crippen molar-refractivity contribution in [2.45, 2.75) is 39.4 Å². The van der Waals surface area contributed by atoms with Gasteiger partial charge in [0.2, 0.25) is 0 Å². The zero-order valence-electron chi connectivity index (χ0n) is 14.4. The van der Waals surface area contributed by atoms with Gasteiger partial charge in [0.15, 0.2) is 5.78 Å². The Morgan fingerprint density at radius 3 is 3.08 bits per heavy atom. The summed E-state index contributed by atoms with van der Waals surface area (Å²) in [7, 11) is 0. The van der Waals surface area contributed by atoms with Crippen molar-refractivity contribution < 1.29 is 4.79 Å². The van der Waals surface area contributed by atoms with Crippen molar-refractivity contribution >= 4 is 17.1 Å². The Kier molecular flexibility index (Phi) is 4.27. The monoisotopic (exact) mass is 355 g/mol. The number of nitrogens with one attached hydrogen (secondary N) is 1. The summed E-state index contributed by atoms with van der Waals surface area (Å²) in [6, 6.07) is 2.09. The van der Waals surface area contributed by atoms with Crippen LogP contribution in [0.15, 0.2) is 30.2 Å². The second-order valence-corrected chi connectivity index (χ2v) is 7.31. The molecule has 25 heavy (non-hydrogen) atoms.